The van der Waals surface area contributed by atoms with Gasteiger partial charge in [-0.25, -0.2) is 18.0 Å². The fourth-order valence-electron chi connectivity index (χ4n) is 3.49. The van der Waals surface area contributed by atoms with Crippen molar-refractivity contribution in [2.24, 2.45) is 5.73 Å². The summed E-state index contributed by atoms with van der Waals surface area (Å²) in [7, 11) is -4.52. The lowest BCUT2D eigenvalue weighted by Gasteiger charge is -2.33. The summed E-state index contributed by atoms with van der Waals surface area (Å²) in [5.41, 5.74) is 6.25. The van der Waals surface area contributed by atoms with Crippen LogP contribution in [0.15, 0.2) is 53.4 Å². The number of rotatable bonds is 8. The van der Waals surface area contributed by atoms with Crippen molar-refractivity contribution >= 4 is 22.1 Å². The molecule has 9 heteroatoms. The van der Waals surface area contributed by atoms with Gasteiger partial charge in [0.25, 0.3) is 10.0 Å². The quantitative estimate of drug-likeness (QED) is 0.271. The third-order valence-electron chi connectivity index (χ3n) is 5.28. The maximum absolute atomic E-state index is 13.9. The molecular weight excluding hydrogens is 516 g/mol. The van der Waals surface area contributed by atoms with Gasteiger partial charge in [0.2, 0.25) is 0 Å². The number of aryl methyl sites for hydroxylation is 1. The van der Waals surface area contributed by atoms with E-state index in [2.05, 4.69) is 11.8 Å². The van der Waals surface area contributed by atoms with Crippen molar-refractivity contribution in [1.29, 1.82) is 0 Å². The SMILES string of the molecule is Cc1ccc(C#Cc2ccc(S(=O)(=O)N(C(=O)OC(C)(C)C)[C@H](CCCCN)C(=O)OC(C)(C)C)cc2)cc1. The number of amides is 1. The van der Waals surface area contributed by atoms with E-state index in [0.717, 1.165) is 11.1 Å². The summed E-state index contributed by atoms with van der Waals surface area (Å²) >= 11 is 0. The van der Waals surface area contributed by atoms with Crippen LogP contribution in [-0.4, -0.2) is 48.6 Å². The van der Waals surface area contributed by atoms with Crippen LogP contribution in [0.25, 0.3) is 0 Å². The van der Waals surface area contributed by atoms with Gasteiger partial charge < -0.3 is 15.2 Å². The molecule has 0 fully saturated rings. The Labute approximate surface area is 232 Å². The van der Waals surface area contributed by atoms with Gasteiger partial charge in [-0.1, -0.05) is 29.5 Å². The molecule has 212 valence electrons. The third kappa shape index (κ3) is 10.0. The number of nitrogens with zero attached hydrogens (tertiary/aromatic N) is 1. The van der Waals surface area contributed by atoms with Gasteiger partial charge in [0.05, 0.1) is 4.90 Å². The van der Waals surface area contributed by atoms with Crippen molar-refractivity contribution in [3.05, 3.63) is 65.2 Å². The van der Waals surface area contributed by atoms with E-state index in [0.29, 0.717) is 29.3 Å². The second-order valence-corrected chi connectivity index (χ2v) is 13.1. The maximum Gasteiger partial charge on any atom is 0.425 e. The highest BCUT2D eigenvalue weighted by Crippen LogP contribution is 2.26. The Hall–Kier alpha value is -3.35. The lowest BCUT2D eigenvalue weighted by atomic mass is 10.1. The Balaban J connectivity index is 2.51. The minimum absolute atomic E-state index is 0.0324. The van der Waals surface area contributed by atoms with E-state index in [4.69, 9.17) is 15.2 Å². The van der Waals surface area contributed by atoms with Crippen LogP contribution in [0.3, 0.4) is 0 Å². The number of nitrogens with two attached hydrogens (primary N) is 1. The molecule has 0 aliphatic rings. The normalized spacial score (nSPS) is 12.6. The minimum atomic E-state index is -4.52. The molecule has 2 aromatic carbocycles. The molecule has 0 spiro atoms. The van der Waals surface area contributed by atoms with E-state index in [-0.39, 0.29) is 11.3 Å². The molecule has 2 N–H and O–H groups in total. The molecule has 0 aromatic heterocycles. The molecular formula is C30H40N2O6S. The molecule has 39 heavy (non-hydrogen) atoms. The topological polar surface area (TPSA) is 116 Å². The zero-order valence-corrected chi connectivity index (χ0v) is 24.7. The van der Waals surface area contributed by atoms with Crippen molar-refractivity contribution in [3.63, 3.8) is 0 Å². The van der Waals surface area contributed by atoms with Crippen molar-refractivity contribution in [2.75, 3.05) is 6.54 Å². The Morgan fingerprint density at radius 1 is 0.846 bits per heavy atom. The average Bonchev–Trinajstić information content (AvgIpc) is 2.81. The van der Waals surface area contributed by atoms with Crippen LogP contribution in [-0.2, 0) is 24.3 Å². The van der Waals surface area contributed by atoms with E-state index in [1.165, 1.54) is 12.1 Å². The largest absolute Gasteiger partial charge is 0.458 e. The minimum Gasteiger partial charge on any atom is -0.458 e. The van der Waals surface area contributed by atoms with E-state index >= 15 is 0 Å². The molecule has 0 unspecified atom stereocenters. The summed E-state index contributed by atoms with van der Waals surface area (Å²) in [5.74, 6) is 5.21. The fourth-order valence-corrected chi connectivity index (χ4v) is 4.95. The monoisotopic (exact) mass is 556 g/mol. The Kier molecular flexibility index (Phi) is 10.7. The molecule has 8 nitrogen and oxygen atoms in total. The molecule has 0 saturated carbocycles. The van der Waals surface area contributed by atoms with Crippen molar-refractivity contribution in [2.45, 2.75) is 89.9 Å². The molecule has 0 aliphatic heterocycles. The highest BCUT2D eigenvalue weighted by molar-refractivity contribution is 7.89. The van der Waals surface area contributed by atoms with Gasteiger partial charge >= 0.3 is 12.1 Å². The summed E-state index contributed by atoms with van der Waals surface area (Å²) in [4.78, 5) is 26.4. The number of benzene rings is 2. The molecule has 1 amide bonds. The lowest BCUT2D eigenvalue weighted by molar-refractivity contribution is -0.159. The predicted molar refractivity (Wildman–Crippen MR) is 151 cm³/mol. The zero-order chi connectivity index (χ0) is 29.4. The summed E-state index contributed by atoms with van der Waals surface area (Å²) in [6.45, 7) is 12.2. The van der Waals surface area contributed by atoms with Gasteiger partial charge in [0.1, 0.15) is 17.2 Å². The van der Waals surface area contributed by atoms with Crippen LogP contribution in [0.5, 0.6) is 0 Å². The number of hydrogen-bond acceptors (Lipinski definition) is 7. The molecule has 1 atom stereocenters. The number of hydrogen-bond donors (Lipinski definition) is 1. The number of unbranched alkanes of at least 4 members (excludes halogenated alkanes) is 1. The molecule has 0 aliphatic carbocycles. The standard InChI is InChI=1S/C30H40N2O6S/c1-22-11-13-23(14-12-22)15-16-24-17-19-25(20-18-24)39(35,36)32(28(34)38-30(5,6)7)26(10-8-9-21-31)27(33)37-29(2,3)4/h11-14,17-20,26H,8-10,21,31H2,1-7H3/t26-/m1/s1. The third-order valence-corrected chi connectivity index (χ3v) is 7.07. The second-order valence-electron chi connectivity index (χ2n) is 11.3. The summed E-state index contributed by atoms with van der Waals surface area (Å²) in [6.07, 6.45) is -0.183. The van der Waals surface area contributed by atoms with Crippen LogP contribution in [0.2, 0.25) is 0 Å². The van der Waals surface area contributed by atoms with Gasteiger partial charge in [-0.2, -0.15) is 4.31 Å². The highest BCUT2D eigenvalue weighted by atomic mass is 32.2. The van der Waals surface area contributed by atoms with Crippen molar-refractivity contribution in [1.82, 2.24) is 4.31 Å². The fraction of sp³-hybridized carbons (Fsp3) is 0.467. The number of ether oxygens (including phenoxy) is 2. The predicted octanol–water partition coefficient (Wildman–Crippen LogP) is 5.16. The molecule has 0 radical (unpaired) electrons. The van der Waals surface area contributed by atoms with Crippen LogP contribution >= 0.6 is 0 Å². The molecule has 2 aromatic rings. The number of carbonyl (C=O) groups is 2. The summed E-state index contributed by atoms with van der Waals surface area (Å²) in [5, 5.41) is 0. The smallest absolute Gasteiger partial charge is 0.425 e. The van der Waals surface area contributed by atoms with Crippen LogP contribution in [0.4, 0.5) is 4.79 Å². The first-order valence-corrected chi connectivity index (χ1v) is 14.4. The van der Waals surface area contributed by atoms with Crippen LogP contribution < -0.4 is 5.73 Å². The molecule has 0 saturated heterocycles. The first kappa shape index (κ1) is 31.9. The van der Waals surface area contributed by atoms with E-state index in [9.17, 15) is 18.0 Å². The molecule has 0 bridgehead atoms. The number of esters is 1. The van der Waals surface area contributed by atoms with Gasteiger partial charge in [-0.3, -0.25) is 0 Å². The first-order valence-electron chi connectivity index (χ1n) is 12.9. The average molecular weight is 557 g/mol. The van der Waals surface area contributed by atoms with E-state index in [1.54, 1.807) is 53.7 Å². The van der Waals surface area contributed by atoms with Crippen molar-refractivity contribution < 1.29 is 27.5 Å². The number of carbonyl (C=O) groups excluding carboxylic acids is 2. The van der Waals surface area contributed by atoms with E-state index < -0.39 is 39.3 Å². The first-order chi connectivity index (χ1) is 18.0. The lowest BCUT2D eigenvalue weighted by Crippen LogP contribution is -2.51. The van der Waals surface area contributed by atoms with Gasteiger partial charge in [-0.15, -0.1) is 0 Å². The van der Waals surface area contributed by atoms with Crippen molar-refractivity contribution in [3.8, 4) is 11.8 Å². The Morgan fingerprint density at radius 2 is 1.33 bits per heavy atom. The second kappa shape index (κ2) is 13.1. The molecule has 0 heterocycles. The highest BCUT2D eigenvalue weighted by Gasteiger charge is 2.43. The van der Waals surface area contributed by atoms with Crippen LogP contribution in [0.1, 0.15) is 77.5 Å². The molecule has 2 rings (SSSR count). The summed E-state index contributed by atoms with van der Waals surface area (Å²) < 4.78 is 39.2. The Morgan fingerprint density at radius 3 is 1.79 bits per heavy atom. The van der Waals surface area contributed by atoms with Gasteiger partial charge in [0, 0.05) is 11.1 Å². The zero-order valence-electron chi connectivity index (χ0n) is 23.9. The van der Waals surface area contributed by atoms with Gasteiger partial charge in [-0.05, 0) is 111 Å². The number of sulfonamides is 1. The van der Waals surface area contributed by atoms with Crippen LogP contribution in [0, 0.1) is 18.8 Å². The maximum atomic E-state index is 13.9. The summed E-state index contributed by atoms with van der Waals surface area (Å²) in [6, 6.07) is 12.1. The van der Waals surface area contributed by atoms with Gasteiger partial charge in [0.15, 0.2) is 0 Å². The Bertz CT molecular complexity index is 1290. The van der Waals surface area contributed by atoms with E-state index in [1.807, 2.05) is 31.2 Å².